The van der Waals surface area contributed by atoms with Gasteiger partial charge in [0.2, 0.25) is 0 Å². The summed E-state index contributed by atoms with van der Waals surface area (Å²) in [6.45, 7) is 5.06. The summed E-state index contributed by atoms with van der Waals surface area (Å²) in [6.07, 6.45) is 2.34. The van der Waals surface area contributed by atoms with Crippen molar-refractivity contribution in [2.24, 2.45) is 0 Å². The quantitative estimate of drug-likeness (QED) is 0.616. The van der Waals surface area contributed by atoms with E-state index in [4.69, 9.17) is 4.74 Å². The zero-order valence-corrected chi connectivity index (χ0v) is 12.7. The molecule has 1 aliphatic rings. The molecule has 21 heavy (non-hydrogen) atoms. The van der Waals surface area contributed by atoms with Crippen LogP contribution in [0.4, 0.5) is 11.4 Å². The largest absolute Gasteiger partial charge is 0.383 e. The Bertz CT molecular complexity index is 487. The van der Waals surface area contributed by atoms with E-state index in [0.717, 1.165) is 37.3 Å². The zero-order chi connectivity index (χ0) is 15.2. The van der Waals surface area contributed by atoms with Gasteiger partial charge < -0.3 is 15.0 Å². The van der Waals surface area contributed by atoms with Gasteiger partial charge in [-0.3, -0.25) is 10.1 Å². The van der Waals surface area contributed by atoms with Crippen LogP contribution in [0.2, 0.25) is 0 Å². The topological polar surface area (TPSA) is 67.6 Å². The third-order valence-electron chi connectivity index (χ3n) is 3.98. The maximum absolute atomic E-state index is 11.1. The lowest BCUT2D eigenvalue weighted by atomic mass is 10.1. The average Bonchev–Trinajstić information content (AvgIpc) is 2.96. The van der Waals surface area contributed by atoms with Crippen LogP contribution in [0.3, 0.4) is 0 Å². The second kappa shape index (κ2) is 7.38. The number of benzene rings is 1. The lowest BCUT2D eigenvalue weighted by molar-refractivity contribution is -0.385. The number of rotatable bonds is 7. The van der Waals surface area contributed by atoms with Crippen molar-refractivity contribution in [1.29, 1.82) is 0 Å². The molecule has 116 valence electrons. The van der Waals surface area contributed by atoms with E-state index in [1.165, 1.54) is 6.42 Å². The minimum Gasteiger partial charge on any atom is -0.383 e. The average molecular weight is 293 g/mol. The van der Waals surface area contributed by atoms with Gasteiger partial charge in [0.1, 0.15) is 0 Å². The van der Waals surface area contributed by atoms with E-state index >= 15 is 0 Å². The molecule has 1 aromatic rings. The molecule has 6 nitrogen and oxygen atoms in total. The van der Waals surface area contributed by atoms with Gasteiger partial charge in [0.05, 0.1) is 17.1 Å². The van der Waals surface area contributed by atoms with Crippen molar-refractivity contribution in [2.45, 2.75) is 25.8 Å². The lowest BCUT2D eigenvalue weighted by Gasteiger charge is -2.29. The van der Waals surface area contributed by atoms with Crippen molar-refractivity contribution in [3.8, 4) is 0 Å². The third kappa shape index (κ3) is 3.92. The fraction of sp³-hybridized carbons (Fsp3) is 0.600. The van der Waals surface area contributed by atoms with Gasteiger partial charge in [0.25, 0.3) is 5.69 Å². The first-order valence-electron chi connectivity index (χ1n) is 7.34. The Labute approximate surface area is 125 Å². The first-order chi connectivity index (χ1) is 10.1. The number of anilines is 1. The summed E-state index contributed by atoms with van der Waals surface area (Å²) >= 11 is 0. The zero-order valence-electron chi connectivity index (χ0n) is 12.7. The maximum atomic E-state index is 11.1. The molecule has 0 radical (unpaired) electrons. The highest BCUT2D eigenvalue weighted by Gasteiger charge is 2.22. The first kappa shape index (κ1) is 15.7. The first-order valence-corrected chi connectivity index (χ1v) is 7.34. The van der Waals surface area contributed by atoms with Crippen LogP contribution in [0, 0.1) is 17.0 Å². The van der Waals surface area contributed by atoms with Gasteiger partial charge in [0, 0.05) is 38.0 Å². The number of nitro benzene ring substituents is 1. The van der Waals surface area contributed by atoms with E-state index in [2.05, 4.69) is 10.2 Å². The molecular formula is C15H23N3O3. The molecule has 6 heteroatoms. The number of nitro groups is 1. The molecule has 0 spiro atoms. The van der Waals surface area contributed by atoms with Gasteiger partial charge in [-0.05, 0) is 32.4 Å². The summed E-state index contributed by atoms with van der Waals surface area (Å²) in [5.41, 5.74) is 1.82. The monoisotopic (exact) mass is 293 g/mol. The molecular weight excluding hydrogens is 270 g/mol. The molecule has 1 saturated heterocycles. The lowest BCUT2D eigenvalue weighted by Crippen LogP contribution is -2.39. The van der Waals surface area contributed by atoms with E-state index in [9.17, 15) is 10.1 Å². The number of nitrogens with zero attached hydrogens (tertiary/aromatic N) is 2. The van der Waals surface area contributed by atoms with Crippen molar-refractivity contribution in [2.75, 3.05) is 38.3 Å². The molecule has 1 heterocycles. The molecule has 1 aliphatic heterocycles. The summed E-state index contributed by atoms with van der Waals surface area (Å²) in [5.74, 6) is 0. The molecule has 1 fully saturated rings. The summed E-state index contributed by atoms with van der Waals surface area (Å²) in [7, 11) is 1.67. The normalized spacial score (nSPS) is 17.9. The molecule has 0 aliphatic carbocycles. The molecule has 1 aromatic carbocycles. The second-order valence-electron chi connectivity index (χ2n) is 5.41. The van der Waals surface area contributed by atoms with E-state index < -0.39 is 0 Å². The van der Waals surface area contributed by atoms with Crippen LogP contribution in [0.25, 0.3) is 0 Å². The third-order valence-corrected chi connectivity index (χ3v) is 3.98. The van der Waals surface area contributed by atoms with Gasteiger partial charge in [-0.2, -0.15) is 0 Å². The molecule has 1 N–H and O–H groups in total. The Morgan fingerprint density at radius 1 is 1.52 bits per heavy atom. The Kier molecular flexibility index (Phi) is 5.52. The summed E-state index contributed by atoms with van der Waals surface area (Å²) in [5, 5.41) is 14.6. The van der Waals surface area contributed by atoms with Crippen molar-refractivity contribution < 1.29 is 9.66 Å². The Balaban J connectivity index is 2.22. The van der Waals surface area contributed by atoms with Gasteiger partial charge in [0.15, 0.2) is 0 Å². The molecule has 1 atom stereocenters. The molecule has 0 aromatic heterocycles. The minimum absolute atomic E-state index is 0.175. The highest BCUT2D eigenvalue weighted by atomic mass is 16.6. The molecule has 0 amide bonds. The van der Waals surface area contributed by atoms with Crippen LogP contribution < -0.4 is 10.2 Å². The van der Waals surface area contributed by atoms with Crippen LogP contribution in [0.5, 0.6) is 0 Å². The van der Waals surface area contributed by atoms with E-state index in [-0.39, 0.29) is 10.6 Å². The summed E-state index contributed by atoms with van der Waals surface area (Å²) in [6, 6.07) is 5.71. The summed E-state index contributed by atoms with van der Waals surface area (Å²) in [4.78, 5) is 13.0. The predicted octanol–water partition coefficient (Wildman–Crippen LogP) is 2.11. The van der Waals surface area contributed by atoms with Crippen LogP contribution in [0.1, 0.15) is 18.4 Å². The molecule has 0 bridgehead atoms. The standard InChI is InChI=1S/C15H23N3O3/c1-12-14(6-3-7-15(12)18(19)20)17(9-10-21-2)11-13-5-4-8-16-13/h3,6-7,13,16H,4-5,8-11H2,1-2H3. The predicted molar refractivity (Wildman–Crippen MR) is 82.9 cm³/mol. The number of nitrogens with one attached hydrogen (secondary N) is 1. The number of ether oxygens (including phenoxy) is 1. The van der Waals surface area contributed by atoms with Gasteiger partial charge >= 0.3 is 0 Å². The summed E-state index contributed by atoms with van der Waals surface area (Å²) < 4.78 is 5.18. The molecule has 1 unspecified atom stereocenters. The number of hydrogen-bond donors (Lipinski definition) is 1. The van der Waals surface area contributed by atoms with Crippen molar-refractivity contribution in [3.63, 3.8) is 0 Å². The van der Waals surface area contributed by atoms with Crippen LogP contribution in [-0.2, 0) is 4.74 Å². The number of methoxy groups -OCH3 is 1. The molecule has 0 saturated carbocycles. The SMILES string of the molecule is COCCN(CC1CCCN1)c1cccc([N+](=O)[O-])c1C. The minimum atomic E-state index is -0.318. The fourth-order valence-electron chi connectivity index (χ4n) is 2.84. The Morgan fingerprint density at radius 3 is 2.95 bits per heavy atom. The van der Waals surface area contributed by atoms with Gasteiger partial charge in [-0.1, -0.05) is 6.07 Å². The van der Waals surface area contributed by atoms with Crippen molar-refractivity contribution in [3.05, 3.63) is 33.9 Å². The maximum Gasteiger partial charge on any atom is 0.274 e. The second-order valence-corrected chi connectivity index (χ2v) is 5.41. The smallest absolute Gasteiger partial charge is 0.274 e. The van der Waals surface area contributed by atoms with E-state index in [1.807, 2.05) is 13.0 Å². The van der Waals surface area contributed by atoms with E-state index in [0.29, 0.717) is 12.6 Å². The highest BCUT2D eigenvalue weighted by Crippen LogP contribution is 2.28. The Hall–Kier alpha value is -1.66. The van der Waals surface area contributed by atoms with Gasteiger partial charge in [-0.25, -0.2) is 0 Å². The Morgan fingerprint density at radius 2 is 2.33 bits per heavy atom. The number of hydrogen-bond acceptors (Lipinski definition) is 5. The van der Waals surface area contributed by atoms with Crippen LogP contribution >= 0.6 is 0 Å². The van der Waals surface area contributed by atoms with Gasteiger partial charge in [-0.15, -0.1) is 0 Å². The van der Waals surface area contributed by atoms with Crippen molar-refractivity contribution in [1.82, 2.24) is 5.32 Å². The fourth-order valence-corrected chi connectivity index (χ4v) is 2.84. The van der Waals surface area contributed by atoms with Crippen molar-refractivity contribution >= 4 is 11.4 Å². The highest BCUT2D eigenvalue weighted by molar-refractivity contribution is 5.61. The molecule has 2 rings (SSSR count). The van der Waals surface area contributed by atoms with E-state index in [1.54, 1.807) is 19.2 Å². The van der Waals surface area contributed by atoms with Crippen LogP contribution in [0.15, 0.2) is 18.2 Å². The van der Waals surface area contributed by atoms with Crippen LogP contribution in [-0.4, -0.2) is 44.3 Å².